The number of aromatic nitrogens is 1. The van der Waals surface area contributed by atoms with Crippen LogP contribution in [0.25, 0.3) is 0 Å². The third-order valence-corrected chi connectivity index (χ3v) is 4.01. The summed E-state index contributed by atoms with van der Waals surface area (Å²) in [5.74, 6) is 1.36. The van der Waals surface area contributed by atoms with Crippen LogP contribution >= 0.6 is 11.6 Å². The standard InChI is InChI=1S/C14H21ClN2O/c1-11(15)12-6-8-17(9-7-12)10-13-4-3-5-14(16-13)18-2/h3-5,11-12H,6-10H2,1-2H3. The summed E-state index contributed by atoms with van der Waals surface area (Å²) in [6.45, 7) is 5.23. The Bertz CT molecular complexity index is 376. The largest absolute Gasteiger partial charge is 0.481 e. The molecule has 100 valence electrons. The van der Waals surface area contributed by atoms with E-state index in [0.29, 0.717) is 17.2 Å². The predicted molar refractivity (Wildman–Crippen MR) is 74.1 cm³/mol. The summed E-state index contributed by atoms with van der Waals surface area (Å²) < 4.78 is 5.15. The first-order valence-corrected chi connectivity index (χ1v) is 6.99. The van der Waals surface area contributed by atoms with E-state index in [1.165, 1.54) is 12.8 Å². The van der Waals surface area contributed by atoms with Crippen molar-refractivity contribution in [1.82, 2.24) is 9.88 Å². The molecular weight excluding hydrogens is 248 g/mol. The second-order valence-electron chi connectivity index (χ2n) is 4.96. The molecule has 0 bridgehead atoms. The van der Waals surface area contributed by atoms with Gasteiger partial charge in [0.05, 0.1) is 12.8 Å². The highest BCUT2D eigenvalue weighted by Gasteiger charge is 2.22. The van der Waals surface area contributed by atoms with E-state index in [9.17, 15) is 0 Å². The Morgan fingerprint density at radius 1 is 1.44 bits per heavy atom. The minimum atomic E-state index is 0.294. The van der Waals surface area contributed by atoms with Crippen molar-refractivity contribution < 1.29 is 4.74 Å². The monoisotopic (exact) mass is 268 g/mol. The number of hydrogen-bond donors (Lipinski definition) is 0. The fourth-order valence-electron chi connectivity index (χ4n) is 2.46. The lowest BCUT2D eigenvalue weighted by molar-refractivity contribution is 0.174. The van der Waals surface area contributed by atoms with E-state index in [2.05, 4.69) is 22.9 Å². The molecule has 0 radical (unpaired) electrons. The molecule has 3 nitrogen and oxygen atoms in total. The first kappa shape index (κ1) is 13.6. The normalized spacial score (nSPS) is 19.7. The number of pyridine rings is 1. The van der Waals surface area contributed by atoms with Crippen LogP contribution in [0.15, 0.2) is 18.2 Å². The second-order valence-corrected chi connectivity index (χ2v) is 5.65. The zero-order valence-electron chi connectivity index (χ0n) is 11.1. The lowest BCUT2D eigenvalue weighted by atomic mass is 9.94. The Kier molecular flexibility index (Phi) is 4.84. The highest BCUT2D eigenvalue weighted by atomic mass is 35.5. The van der Waals surface area contributed by atoms with Crippen molar-refractivity contribution in [3.63, 3.8) is 0 Å². The van der Waals surface area contributed by atoms with Crippen molar-refractivity contribution in [1.29, 1.82) is 0 Å². The van der Waals surface area contributed by atoms with Crippen LogP contribution < -0.4 is 4.74 Å². The Morgan fingerprint density at radius 2 is 2.17 bits per heavy atom. The van der Waals surface area contributed by atoms with Crippen molar-refractivity contribution in [3.05, 3.63) is 23.9 Å². The number of ether oxygens (including phenoxy) is 1. The fourth-order valence-corrected chi connectivity index (χ4v) is 2.71. The van der Waals surface area contributed by atoms with E-state index >= 15 is 0 Å². The lowest BCUT2D eigenvalue weighted by Gasteiger charge is -2.32. The second kappa shape index (κ2) is 6.39. The van der Waals surface area contributed by atoms with Crippen LogP contribution in [0.3, 0.4) is 0 Å². The van der Waals surface area contributed by atoms with Gasteiger partial charge in [0.25, 0.3) is 0 Å². The van der Waals surface area contributed by atoms with Gasteiger partial charge < -0.3 is 4.74 Å². The molecule has 0 saturated carbocycles. The average molecular weight is 269 g/mol. The SMILES string of the molecule is COc1cccc(CN2CCC(C(C)Cl)CC2)n1. The van der Waals surface area contributed by atoms with Crippen molar-refractivity contribution >= 4 is 11.6 Å². The summed E-state index contributed by atoms with van der Waals surface area (Å²) in [6.07, 6.45) is 2.38. The van der Waals surface area contributed by atoms with Crippen LogP contribution in [0.1, 0.15) is 25.5 Å². The van der Waals surface area contributed by atoms with Gasteiger partial charge in [-0.1, -0.05) is 6.07 Å². The van der Waals surface area contributed by atoms with E-state index in [0.717, 1.165) is 25.3 Å². The minimum Gasteiger partial charge on any atom is -0.481 e. The first-order valence-electron chi connectivity index (χ1n) is 6.55. The summed E-state index contributed by atoms with van der Waals surface area (Å²) in [5, 5.41) is 0.294. The molecule has 1 aliphatic heterocycles. The highest BCUT2D eigenvalue weighted by Crippen LogP contribution is 2.24. The summed E-state index contributed by atoms with van der Waals surface area (Å²) >= 11 is 6.16. The number of likely N-dealkylation sites (tertiary alicyclic amines) is 1. The van der Waals surface area contributed by atoms with Gasteiger partial charge in [0.2, 0.25) is 5.88 Å². The Hall–Kier alpha value is -0.800. The molecule has 2 heterocycles. The molecule has 1 unspecified atom stereocenters. The van der Waals surface area contributed by atoms with Gasteiger partial charge in [-0.15, -0.1) is 11.6 Å². The molecule has 1 aromatic heterocycles. The number of methoxy groups -OCH3 is 1. The van der Waals surface area contributed by atoms with E-state index in [1.54, 1.807) is 7.11 Å². The Balaban J connectivity index is 1.87. The number of alkyl halides is 1. The number of rotatable bonds is 4. The highest BCUT2D eigenvalue weighted by molar-refractivity contribution is 6.20. The van der Waals surface area contributed by atoms with E-state index in [1.807, 2.05) is 12.1 Å². The third-order valence-electron chi connectivity index (χ3n) is 3.66. The molecule has 0 spiro atoms. The molecule has 1 saturated heterocycles. The first-order chi connectivity index (χ1) is 8.69. The van der Waals surface area contributed by atoms with Crippen molar-refractivity contribution in [2.45, 2.75) is 31.7 Å². The zero-order chi connectivity index (χ0) is 13.0. The summed E-state index contributed by atoms with van der Waals surface area (Å²) in [6, 6.07) is 5.93. The molecule has 0 aromatic carbocycles. The van der Waals surface area contributed by atoms with Gasteiger partial charge in [0.1, 0.15) is 0 Å². The Labute approximate surface area is 114 Å². The van der Waals surface area contributed by atoms with Crippen molar-refractivity contribution in [3.8, 4) is 5.88 Å². The summed E-state index contributed by atoms with van der Waals surface area (Å²) in [5.41, 5.74) is 1.08. The maximum atomic E-state index is 6.16. The quantitative estimate of drug-likeness (QED) is 0.785. The fraction of sp³-hybridized carbons (Fsp3) is 0.643. The minimum absolute atomic E-state index is 0.294. The number of piperidine rings is 1. The van der Waals surface area contributed by atoms with E-state index in [-0.39, 0.29) is 0 Å². The summed E-state index contributed by atoms with van der Waals surface area (Å²) in [7, 11) is 1.65. The van der Waals surface area contributed by atoms with Gasteiger partial charge in [0.15, 0.2) is 0 Å². The van der Waals surface area contributed by atoms with Crippen LogP contribution in [-0.2, 0) is 6.54 Å². The number of halogens is 1. The third kappa shape index (κ3) is 3.59. The van der Waals surface area contributed by atoms with Gasteiger partial charge in [-0.2, -0.15) is 0 Å². The van der Waals surface area contributed by atoms with Crippen LogP contribution in [0.2, 0.25) is 0 Å². The molecule has 2 rings (SSSR count). The van der Waals surface area contributed by atoms with Gasteiger partial charge in [0, 0.05) is 18.0 Å². The van der Waals surface area contributed by atoms with Gasteiger partial charge in [-0.25, -0.2) is 4.98 Å². The predicted octanol–water partition coefficient (Wildman–Crippen LogP) is 2.93. The van der Waals surface area contributed by atoms with E-state index < -0.39 is 0 Å². The van der Waals surface area contributed by atoms with Gasteiger partial charge in [-0.3, -0.25) is 4.90 Å². The Morgan fingerprint density at radius 3 is 2.78 bits per heavy atom. The molecular formula is C14H21ClN2O. The van der Waals surface area contributed by atoms with Crippen LogP contribution in [-0.4, -0.2) is 35.5 Å². The smallest absolute Gasteiger partial charge is 0.213 e. The molecule has 1 fully saturated rings. The molecule has 1 aromatic rings. The molecule has 0 aliphatic carbocycles. The molecule has 1 aliphatic rings. The maximum absolute atomic E-state index is 6.16. The maximum Gasteiger partial charge on any atom is 0.213 e. The van der Waals surface area contributed by atoms with Crippen LogP contribution in [0, 0.1) is 5.92 Å². The number of nitrogens with zero attached hydrogens (tertiary/aromatic N) is 2. The zero-order valence-corrected chi connectivity index (χ0v) is 11.9. The van der Waals surface area contributed by atoms with Crippen molar-refractivity contribution in [2.24, 2.45) is 5.92 Å². The lowest BCUT2D eigenvalue weighted by Crippen LogP contribution is -2.35. The average Bonchev–Trinajstić information content (AvgIpc) is 2.39. The van der Waals surface area contributed by atoms with Gasteiger partial charge in [-0.05, 0) is 44.8 Å². The van der Waals surface area contributed by atoms with Crippen LogP contribution in [0.4, 0.5) is 0 Å². The molecule has 0 N–H and O–H groups in total. The number of hydrogen-bond acceptors (Lipinski definition) is 3. The van der Waals surface area contributed by atoms with Crippen LogP contribution in [0.5, 0.6) is 5.88 Å². The summed E-state index contributed by atoms with van der Waals surface area (Å²) in [4.78, 5) is 6.89. The molecule has 0 amide bonds. The topological polar surface area (TPSA) is 25.4 Å². The molecule has 1 atom stereocenters. The van der Waals surface area contributed by atoms with Gasteiger partial charge >= 0.3 is 0 Å². The van der Waals surface area contributed by atoms with E-state index in [4.69, 9.17) is 16.3 Å². The molecule has 4 heteroatoms. The van der Waals surface area contributed by atoms with Crippen molar-refractivity contribution in [2.75, 3.05) is 20.2 Å². The molecule has 18 heavy (non-hydrogen) atoms.